The first-order valence-electron chi connectivity index (χ1n) is 6.77. The van der Waals surface area contributed by atoms with E-state index in [2.05, 4.69) is 25.1 Å². The van der Waals surface area contributed by atoms with Crippen LogP contribution in [-0.2, 0) is 12.0 Å². The number of hydrogen-bond donors (Lipinski definition) is 2. The highest BCUT2D eigenvalue weighted by molar-refractivity contribution is 5.41. The van der Waals surface area contributed by atoms with E-state index in [1.807, 2.05) is 6.07 Å². The van der Waals surface area contributed by atoms with Crippen molar-refractivity contribution in [2.75, 3.05) is 20.6 Å². The molecule has 0 bridgehead atoms. The molecular formula is C15H24N2O. The van der Waals surface area contributed by atoms with Gasteiger partial charge in [0, 0.05) is 17.6 Å². The molecule has 3 nitrogen and oxygen atoms in total. The summed E-state index contributed by atoms with van der Waals surface area (Å²) in [7, 11) is 4.14. The van der Waals surface area contributed by atoms with Crippen LogP contribution in [0.3, 0.4) is 0 Å². The number of hydrogen-bond acceptors (Lipinski definition) is 3. The van der Waals surface area contributed by atoms with E-state index < -0.39 is 0 Å². The first-order valence-corrected chi connectivity index (χ1v) is 6.77. The van der Waals surface area contributed by atoms with Crippen molar-refractivity contribution in [2.24, 2.45) is 5.73 Å². The average molecular weight is 248 g/mol. The van der Waals surface area contributed by atoms with Gasteiger partial charge in [0.05, 0.1) is 0 Å². The quantitative estimate of drug-likeness (QED) is 0.859. The molecule has 1 fully saturated rings. The van der Waals surface area contributed by atoms with Gasteiger partial charge in [-0.1, -0.05) is 25.0 Å². The summed E-state index contributed by atoms with van der Waals surface area (Å²) < 4.78 is 0. The van der Waals surface area contributed by atoms with Crippen LogP contribution in [0.5, 0.6) is 5.75 Å². The molecule has 0 atom stereocenters. The van der Waals surface area contributed by atoms with E-state index in [9.17, 15) is 5.11 Å². The highest BCUT2D eigenvalue weighted by atomic mass is 16.3. The van der Waals surface area contributed by atoms with Gasteiger partial charge in [-0.05, 0) is 45.0 Å². The summed E-state index contributed by atoms with van der Waals surface area (Å²) in [6.45, 7) is 1.02. The van der Waals surface area contributed by atoms with Gasteiger partial charge >= 0.3 is 0 Å². The van der Waals surface area contributed by atoms with Gasteiger partial charge in [0.15, 0.2) is 0 Å². The minimum absolute atomic E-state index is 0.307. The van der Waals surface area contributed by atoms with E-state index in [1.54, 1.807) is 6.07 Å². The number of phenolic OH excluding ortho intramolecular Hbond substituents is 1. The molecule has 0 saturated heterocycles. The fourth-order valence-electron chi connectivity index (χ4n) is 2.77. The summed E-state index contributed by atoms with van der Waals surface area (Å²) in [5.41, 5.74) is 8.33. The number of rotatable bonds is 4. The number of benzene rings is 1. The zero-order chi connectivity index (χ0) is 13.2. The molecule has 18 heavy (non-hydrogen) atoms. The molecule has 1 aliphatic carbocycles. The number of phenols is 1. The van der Waals surface area contributed by atoms with Crippen LogP contribution in [0.2, 0.25) is 0 Å². The van der Waals surface area contributed by atoms with Crippen molar-refractivity contribution < 1.29 is 5.11 Å². The lowest BCUT2D eigenvalue weighted by atomic mass is 9.87. The topological polar surface area (TPSA) is 49.5 Å². The maximum atomic E-state index is 10.0. The molecule has 0 amide bonds. The van der Waals surface area contributed by atoms with Crippen LogP contribution < -0.4 is 5.73 Å². The van der Waals surface area contributed by atoms with E-state index in [0.29, 0.717) is 5.75 Å². The molecule has 100 valence electrons. The summed E-state index contributed by atoms with van der Waals surface area (Å²) in [5, 5.41) is 10.0. The maximum Gasteiger partial charge on any atom is 0.120 e. The molecule has 0 spiro atoms. The Morgan fingerprint density at radius 3 is 2.56 bits per heavy atom. The van der Waals surface area contributed by atoms with Crippen molar-refractivity contribution in [3.05, 3.63) is 29.3 Å². The van der Waals surface area contributed by atoms with Gasteiger partial charge in [-0.15, -0.1) is 0 Å². The van der Waals surface area contributed by atoms with Crippen LogP contribution >= 0.6 is 0 Å². The average Bonchev–Trinajstić information content (AvgIpc) is 2.76. The Bertz CT molecular complexity index is 409. The molecular weight excluding hydrogens is 224 g/mol. The fourth-order valence-corrected chi connectivity index (χ4v) is 2.77. The molecule has 0 unspecified atom stereocenters. The number of nitrogens with two attached hydrogens (primary N) is 1. The Morgan fingerprint density at radius 1 is 1.28 bits per heavy atom. The Labute approximate surface area is 110 Å². The van der Waals surface area contributed by atoms with Crippen LogP contribution in [0.25, 0.3) is 0 Å². The van der Waals surface area contributed by atoms with E-state index in [-0.39, 0.29) is 5.54 Å². The third-order valence-electron chi connectivity index (χ3n) is 3.94. The second kappa shape index (κ2) is 5.29. The zero-order valence-corrected chi connectivity index (χ0v) is 11.4. The van der Waals surface area contributed by atoms with Gasteiger partial charge in [-0.2, -0.15) is 0 Å². The molecule has 1 aromatic rings. The van der Waals surface area contributed by atoms with Gasteiger partial charge in [0.25, 0.3) is 0 Å². The van der Waals surface area contributed by atoms with Crippen LogP contribution in [0.4, 0.5) is 0 Å². The van der Waals surface area contributed by atoms with Crippen molar-refractivity contribution in [1.82, 2.24) is 4.90 Å². The molecule has 0 aliphatic heterocycles. The molecule has 3 N–H and O–H groups in total. The molecule has 1 aliphatic rings. The Balaban J connectivity index is 2.21. The van der Waals surface area contributed by atoms with Crippen LogP contribution in [0, 0.1) is 0 Å². The van der Waals surface area contributed by atoms with Crippen molar-refractivity contribution >= 4 is 0 Å². The van der Waals surface area contributed by atoms with Gasteiger partial charge in [-0.3, -0.25) is 0 Å². The Hall–Kier alpha value is -1.06. The largest absolute Gasteiger partial charge is 0.508 e. The lowest BCUT2D eigenvalue weighted by Crippen LogP contribution is -2.33. The SMILES string of the molecule is CN(C)CCc1ccc(O)c(C2(N)CCCC2)c1. The monoisotopic (exact) mass is 248 g/mol. The lowest BCUT2D eigenvalue weighted by Gasteiger charge is -2.26. The van der Waals surface area contributed by atoms with E-state index in [4.69, 9.17) is 5.73 Å². The summed E-state index contributed by atoms with van der Waals surface area (Å²) in [6, 6.07) is 5.90. The zero-order valence-electron chi connectivity index (χ0n) is 11.4. The molecule has 1 saturated carbocycles. The van der Waals surface area contributed by atoms with Gasteiger partial charge in [0.1, 0.15) is 5.75 Å². The van der Waals surface area contributed by atoms with Crippen LogP contribution in [0.15, 0.2) is 18.2 Å². The molecule has 0 aromatic heterocycles. The maximum absolute atomic E-state index is 10.0. The third kappa shape index (κ3) is 2.85. The summed E-state index contributed by atoms with van der Waals surface area (Å²) >= 11 is 0. The molecule has 3 heteroatoms. The first-order chi connectivity index (χ1) is 8.51. The highest BCUT2D eigenvalue weighted by Gasteiger charge is 2.33. The van der Waals surface area contributed by atoms with Crippen LogP contribution in [0.1, 0.15) is 36.8 Å². The second-order valence-corrected chi connectivity index (χ2v) is 5.77. The second-order valence-electron chi connectivity index (χ2n) is 5.77. The Morgan fingerprint density at radius 2 is 1.94 bits per heavy atom. The molecule has 1 aromatic carbocycles. The number of nitrogens with zero attached hydrogens (tertiary/aromatic N) is 1. The molecule has 2 rings (SSSR count). The summed E-state index contributed by atoms with van der Waals surface area (Å²) in [6.07, 6.45) is 5.29. The van der Waals surface area contributed by atoms with Crippen molar-refractivity contribution in [3.63, 3.8) is 0 Å². The van der Waals surface area contributed by atoms with E-state index in [1.165, 1.54) is 5.56 Å². The third-order valence-corrected chi connectivity index (χ3v) is 3.94. The predicted molar refractivity (Wildman–Crippen MR) is 74.7 cm³/mol. The van der Waals surface area contributed by atoms with Crippen molar-refractivity contribution in [3.8, 4) is 5.75 Å². The summed E-state index contributed by atoms with van der Waals surface area (Å²) in [5.74, 6) is 0.355. The van der Waals surface area contributed by atoms with Gasteiger partial charge < -0.3 is 15.7 Å². The summed E-state index contributed by atoms with van der Waals surface area (Å²) in [4.78, 5) is 2.17. The standard InChI is InChI=1S/C15H24N2O/c1-17(2)10-7-12-5-6-14(18)13(11-12)15(16)8-3-4-9-15/h5-6,11,18H,3-4,7-10,16H2,1-2H3. The smallest absolute Gasteiger partial charge is 0.120 e. The van der Waals surface area contributed by atoms with E-state index >= 15 is 0 Å². The van der Waals surface area contributed by atoms with Gasteiger partial charge in [0.2, 0.25) is 0 Å². The van der Waals surface area contributed by atoms with Gasteiger partial charge in [-0.25, -0.2) is 0 Å². The first kappa shape index (κ1) is 13.4. The number of likely N-dealkylation sites (N-methyl/N-ethyl adjacent to an activating group) is 1. The molecule has 0 heterocycles. The van der Waals surface area contributed by atoms with Crippen LogP contribution in [-0.4, -0.2) is 30.6 Å². The van der Waals surface area contributed by atoms with Crippen molar-refractivity contribution in [2.45, 2.75) is 37.6 Å². The minimum Gasteiger partial charge on any atom is -0.508 e. The predicted octanol–water partition coefficient (Wildman–Crippen LogP) is 2.22. The minimum atomic E-state index is -0.307. The number of aromatic hydroxyl groups is 1. The Kier molecular flexibility index (Phi) is 3.93. The van der Waals surface area contributed by atoms with Crippen molar-refractivity contribution in [1.29, 1.82) is 0 Å². The highest BCUT2D eigenvalue weighted by Crippen LogP contribution is 2.40. The molecule has 0 radical (unpaired) electrons. The van der Waals surface area contributed by atoms with E-state index in [0.717, 1.165) is 44.2 Å². The lowest BCUT2D eigenvalue weighted by molar-refractivity contribution is 0.404. The fraction of sp³-hybridized carbons (Fsp3) is 0.600. The normalized spacial score (nSPS) is 18.4.